The first kappa shape index (κ1) is 11.0. The predicted octanol–water partition coefficient (Wildman–Crippen LogP) is 1.41. The molecule has 0 atom stereocenters. The molecule has 0 aromatic carbocycles. The Hall–Kier alpha value is 0.110. The molecule has 52 valence electrons. The second-order valence-corrected chi connectivity index (χ2v) is 1.61. The maximum Gasteiger partial charge on any atom is 0.246 e. The molecule has 0 bridgehead atoms. The van der Waals surface area contributed by atoms with Crippen LogP contribution in [0.25, 0.3) is 0 Å². The van der Waals surface area contributed by atoms with Gasteiger partial charge in [-0.2, -0.15) is 0 Å². The minimum absolute atomic E-state index is 0. The fourth-order valence-electron chi connectivity index (χ4n) is 0.253. The Labute approximate surface area is 53.7 Å². The second-order valence-electron chi connectivity index (χ2n) is 1.61. The monoisotopic (exact) mass is 145 g/mol. The summed E-state index contributed by atoms with van der Waals surface area (Å²) in [4.78, 5) is 0. The normalized spacial score (nSPS) is 10.5. The molecule has 4 heteroatoms. The number of hydrogen-bond acceptors (Lipinski definition) is 1. The summed E-state index contributed by atoms with van der Waals surface area (Å²) in [5, 5.41) is 0. The Morgan fingerprint density at radius 3 is 1.88 bits per heavy atom. The van der Waals surface area contributed by atoms with Crippen LogP contribution in [0.5, 0.6) is 0 Å². The largest absolute Gasteiger partial charge is 0.330 e. The van der Waals surface area contributed by atoms with Crippen molar-refractivity contribution in [2.45, 2.75) is 19.3 Å². The van der Waals surface area contributed by atoms with Crippen LogP contribution in [-0.4, -0.2) is 12.5 Å². The Kier molecular flexibility index (Phi) is 5.54. The molecule has 0 aliphatic carbocycles. The topological polar surface area (TPSA) is 26.0 Å². The van der Waals surface area contributed by atoms with Crippen molar-refractivity contribution in [3.63, 3.8) is 0 Å². The van der Waals surface area contributed by atoms with Gasteiger partial charge in [0.1, 0.15) is 0 Å². The van der Waals surface area contributed by atoms with Crippen molar-refractivity contribution in [3.05, 3.63) is 0 Å². The maximum atomic E-state index is 11.6. The lowest BCUT2D eigenvalue weighted by atomic mass is 10.3. The molecule has 2 N–H and O–H groups in total. The van der Waals surface area contributed by atoms with Crippen LogP contribution < -0.4 is 5.73 Å². The molecule has 0 amide bonds. The van der Waals surface area contributed by atoms with E-state index < -0.39 is 5.92 Å². The predicted molar refractivity (Wildman–Crippen MR) is 31.5 cm³/mol. The summed E-state index contributed by atoms with van der Waals surface area (Å²) in [5.74, 6) is -2.57. The van der Waals surface area contributed by atoms with Gasteiger partial charge in [-0.1, -0.05) is 0 Å². The molecule has 0 spiro atoms. The lowest BCUT2D eigenvalue weighted by Gasteiger charge is -2.05. The number of nitrogens with two attached hydrogens (primary N) is 1. The maximum absolute atomic E-state index is 11.6. The Bertz CT molecular complexity index is 52.5. The summed E-state index contributed by atoms with van der Waals surface area (Å²) in [6.45, 7) is 0.920. The quantitative estimate of drug-likeness (QED) is 0.625. The number of hydrogen-bond donors (Lipinski definition) is 1. The highest BCUT2D eigenvalue weighted by molar-refractivity contribution is 5.85. The third-order valence-electron chi connectivity index (χ3n) is 0.583. The number of halogens is 3. The fraction of sp³-hybridized carbons (Fsp3) is 1.00. The van der Waals surface area contributed by atoms with E-state index in [9.17, 15) is 8.78 Å². The van der Waals surface area contributed by atoms with E-state index in [-0.39, 0.29) is 25.4 Å². The van der Waals surface area contributed by atoms with E-state index in [1.807, 2.05) is 0 Å². The highest BCUT2D eigenvalue weighted by Gasteiger charge is 2.18. The molecule has 0 heterocycles. The molecule has 0 aliphatic rings. The number of rotatable bonds is 2. The minimum Gasteiger partial charge on any atom is -0.330 e. The van der Waals surface area contributed by atoms with Gasteiger partial charge in [0.05, 0.1) is 0 Å². The van der Waals surface area contributed by atoms with Gasteiger partial charge in [0.15, 0.2) is 0 Å². The molecule has 0 aromatic heterocycles. The molecule has 0 saturated carbocycles. The highest BCUT2D eigenvalue weighted by Crippen LogP contribution is 2.14. The van der Waals surface area contributed by atoms with E-state index in [2.05, 4.69) is 0 Å². The molecule has 0 unspecified atom stereocenters. The van der Waals surface area contributed by atoms with Gasteiger partial charge < -0.3 is 5.73 Å². The smallest absolute Gasteiger partial charge is 0.246 e. The zero-order valence-corrected chi connectivity index (χ0v) is 5.47. The third-order valence-corrected chi connectivity index (χ3v) is 0.583. The van der Waals surface area contributed by atoms with Crippen LogP contribution in [0.3, 0.4) is 0 Å². The van der Waals surface area contributed by atoms with E-state index in [0.717, 1.165) is 6.92 Å². The van der Waals surface area contributed by atoms with Crippen LogP contribution in [0.4, 0.5) is 8.78 Å². The summed E-state index contributed by atoms with van der Waals surface area (Å²) >= 11 is 0. The van der Waals surface area contributed by atoms with Gasteiger partial charge in [-0.25, -0.2) is 8.78 Å². The van der Waals surface area contributed by atoms with E-state index in [0.29, 0.717) is 0 Å². The third kappa shape index (κ3) is 9.44. The fourth-order valence-corrected chi connectivity index (χ4v) is 0.253. The lowest BCUT2D eigenvalue weighted by molar-refractivity contribution is 0.0156. The molecular formula is C4H10ClF2N. The van der Waals surface area contributed by atoms with E-state index in [1.165, 1.54) is 0 Å². The average molecular weight is 146 g/mol. The van der Waals surface area contributed by atoms with Crippen LogP contribution in [0, 0.1) is 0 Å². The van der Waals surface area contributed by atoms with E-state index in [4.69, 9.17) is 5.73 Å². The Morgan fingerprint density at radius 1 is 1.50 bits per heavy atom. The Morgan fingerprint density at radius 2 is 1.88 bits per heavy atom. The summed E-state index contributed by atoms with van der Waals surface area (Å²) in [7, 11) is 0. The van der Waals surface area contributed by atoms with Crippen molar-refractivity contribution in [1.29, 1.82) is 0 Å². The molecular weight excluding hydrogens is 136 g/mol. The van der Waals surface area contributed by atoms with Gasteiger partial charge in [-0.05, 0) is 13.5 Å². The van der Waals surface area contributed by atoms with Gasteiger partial charge in [0.25, 0.3) is 0 Å². The van der Waals surface area contributed by atoms with Gasteiger partial charge in [0.2, 0.25) is 5.92 Å². The molecule has 0 radical (unpaired) electrons. The first-order valence-electron chi connectivity index (χ1n) is 2.14. The first-order chi connectivity index (χ1) is 3.06. The van der Waals surface area contributed by atoms with Crippen molar-refractivity contribution in [1.82, 2.24) is 0 Å². The van der Waals surface area contributed by atoms with Crippen molar-refractivity contribution in [3.8, 4) is 0 Å². The van der Waals surface area contributed by atoms with Crippen LogP contribution in [-0.2, 0) is 0 Å². The van der Waals surface area contributed by atoms with Crippen molar-refractivity contribution < 1.29 is 8.78 Å². The van der Waals surface area contributed by atoms with E-state index in [1.54, 1.807) is 0 Å². The van der Waals surface area contributed by atoms with Gasteiger partial charge in [-0.3, -0.25) is 0 Å². The van der Waals surface area contributed by atoms with Crippen molar-refractivity contribution in [2.75, 3.05) is 6.54 Å². The first-order valence-corrected chi connectivity index (χ1v) is 2.14. The summed E-state index contributed by atoms with van der Waals surface area (Å²) in [6, 6.07) is 0. The average Bonchev–Trinajstić information content (AvgIpc) is 1.30. The summed E-state index contributed by atoms with van der Waals surface area (Å²) in [6.07, 6.45) is -0.215. The van der Waals surface area contributed by atoms with Gasteiger partial charge in [0, 0.05) is 6.42 Å². The molecule has 0 aromatic rings. The van der Waals surface area contributed by atoms with E-state index >= 15 is 0 Å². The number of alkyl halides is 2. The highest BCUT2D eigenvalue weighted by atomic mass is 35.5. The SMILES string of the molecule is CC(F)(F)CCN.Cl. The molecule has 0 saturated heterocycles. The minimum atomic E-state index is -2.57. The van der Waals surface area contributed by atoms with Gasteiger partial charge in [-0.15, -0.1) is 12.4 Å². The van der Waals surface area contributed by atoms with Crippen LogP contribution >= 0.6 is 12.4 Å². The van der Waals surface area contributed by atoms with Crippen molar-refractivity contribution >= 4 is 12.4 Å². The standard InChI is InChI=1S/C4H9F2N.ClH/c1-4(5,6)2-3-7;/h2-3,7H2,1H3;1H. The van der Waals surface area contributed by atoms with Gasteiger partial charge >= 0.3 is 0 Å². The van der Waals surface area contributed by atoms with Crippen molar-refractivity contribution in [2.24, 2.45) is 5.73 Å². The zero-order valence-electron chi connectivity index (χ0n) is 4.66. The summed E-state index contributed by atoms with van der Waals surface area (Å²) < 4.78 is 23.3. The zero-order chi connectivity index (χ0) is 5.91. The Balaban J connectivity index is 0. The molecule has 0 rings (SSSR count). The second kappa shape index (κ2) is 4.04. The van der Waals surface area contributed by atoms with Crippen LogP contribution in [0.1, 0.15) is 13.3 Å². The van der Waals surface area contributed by atoms with Crippen LogP contribution in [0.15, 0.2) is 0 Å². The molecule has 0 aliphatic heterocycles. The molecule has 1 nitrogen and oxygen atoms in total. The summed E-state index contributed by atoms with van der Waals surface area (Å²) in [5.41, 5.74) is 4.83. The molecule has 8 heavy (non-hydrogen) atoms. The van der Waals surface area contributed by atoms with Crippen LogP contribution in [0.2, 0.25) is 0 Å². The lowest BCUT2D eigenvalue weighted by Crippen LogP contribution is -2.15. The molecule has 0 fully saturated rings.